The van der Waals surface area contributed by atoms with Gasteiger partial charge in [0.25, 0.3) is 0 Å². The second kappa shape index (κ2) is 37.9. The molecule has 0 aliphatic rings. The first-order chi connectivity index (χ1) is 18.4. The maximum absolute atomic E-state index is 5.33. The van der Waals surface area contributed by atoms with Crippen LogP contribution >= 0.6 is 0 Å². The Balaban J connectivity index is 3.96. The summed E-state index contributed by atoms with van der Waals surface area (Å²) in [6.45, 7) is 61.5. The van der Waals surface area contributed by atoms with E-state index >= 15 is 0 Å². The predicted molar refractivity (Wildman–Crippen MR) is 205 cm³/mol. The van der Waals surface area contributed by atoms with Crippen LogP contribution in [0.1, 0.15) is 19.8 Å². The van der Waals surface area contributed by atoms with Crippen LogP contribution in [0, 0.1) is 0 Å². The van der Waals surface area contributed by atoms with Crippen molar-refractivity contribution in [2.24, 2.45) is 0 Å². The zero-order valence-electron chi connectivity index (χ0n) is 22.0. The second-order valence-corrected chi connectivity index (χ2v) is 7.13. The van der Waals surface area contributed by atoms with E-state index < -0.39 is 0 Å². The standard InChI is InChI=1S/C4H9B32O/c1-2-3-4-37-36-35-34-33-32-31-30-29-28-27-26-25-24-23-22-21-20-19-18-17-16-15-14-13-12-11-10-9-8-7-6-5/h2-4H2,1H3. The van der Waals surface area contributed by atoms with Crippen LogP contribution in [0.5, 0.6) is 0 Å². The van der Waals surface area contributed by atoms with Crippen molar-refractivity contribution in [1.82, 2.24) is 0 Å². The number of unbranched alkanes of at least 4 members (excludes halogenated alkanes) is 1. The van der Waals surface area contributed by atoms with E-state index in [9.17, 15) is 0 Å². The Kier molecular flexibility index (Phi) is 39.8. The van der Waals surface area contributed by atoms with Crippen molar-refractivity contribution >= 4 is 215 Å². The molecule has 0 aliphatic heterocycles. The van der Waals surface area contributed by atoms with E-state index in [2.05, 4.69) is 6.92 Å². The molecule has 0 atom stereocenters. The average Bonchev–Trinajstić information content (AvgIpc) is 2.91. The van der Waals surface area contributed by atoms with E-state index in [0.29, 0.717) is 0 Å². The van der Waals surface area contributed by atoms with Gasteiger partial charge in [-0.05, 0) is 0 Å². The SMILES string of the molecule is [B]=BB=BB=BB=BB=BB=BB=BB=BB=BB=BB=BB=BB=BB=BB=BB=BOCCCC. The third kappa shape index (κ3) is 37.9. The van der Waals surface area contributed by atoms with Crippen molar-refractivity contribution in [2.45, 2.75) is 19.8 Å². The summed E-state index contributed by atoms with van der Waals surface area (Å²) >= 11 is 0. The second-order valence-electron chi connectivity index (χ2n) is 7.13. The molecule has 1 radical (unpaired) electrons. The fraction of sp³-hybridized carbons (Fsp3) is 1.00. The van der Waals surface area contributed by atoms with E-state index in [1.807, 2.05) is 187 Å². The summed E-state index contributed by atoms with van der Waals surface area (Å²) in [5, 5.41) is 0. The topological polar surface area (TPSA) is 9.23 Å². The van der Waals surface area contributed by atoms with Gasteiger partial charge < -0.3 is 0 Å². The minimum absolute atomic E-state index is 0.784. The molecule has 0 saturated heterocycles. The molecule has 0 heterocycles. The van der Waals surface area contributed by atoms with Gasteiger partial charge in [0.05, 0.1) is 0 Å². The molecule has 127 valence electrons. The molecule has 33 heteroatoms. The first kappa shape index (κ1) is 38.9. The van der Waals surface area contributed by atoms with Gasteiger partial charge in [-0.25, -0.2) is 0 Å². The van der Waals surface area contributed by atoms with Gasteiger partial charge in [-0.15, -0.1) is 0 Å². The quantitative estimate of drug-likeness (QED) is 0.149. The van der Waals surface area contributed by atoms with Crippen LogP contribution in [0.4, 0.5) is 0 Å². The van der Waals surface area contributed by atoms with Crippen LogP contribution < -0.4 is 0 Å². The van der Waals surface area contributed by atoms with Crippen LogP contribution in [0.3, 0.4) is 0 Å². The number of hydrogen-bond acceptors (Lipinski definition) is 1. The molecule has 0 fully saturated rings. The van der Waals surface area contributed by atoms with Gasteiger partial charge in [0.15, 0.2) is 0 Å². The normalized spacial score (nSPS) is 7.89. The van der Waals surface area contributed by atoms with Crippen LogP contribution in [0.25, 0.3) is 0 Å². The van der Waals surface area contributed by atoms with Crippen LogP contribution in [-0.2, 0) is 4.65 Å². The predicted octanol–water partition coefficient (Wildman–Crippen LogP) is -10.9. The van der Waals surface area contributed by atoms with Crippen molar-refractivity contribution in [1.29, 1.82) is 0 Å². The maximum atomic E-state index is 5.33. The van der Waals surface area contributed by atoms with Gasteiger partial charge in [-0.2, -0.15) is 0 Å². The summed E-state index contributed by atoms with van der Waals surface area (Å²) in [6, 6.07) is 0. The van der Waals surface area contributed by atoms with Crippen molar-refractivity contribution in [3.05, 3.63) is 0 Å². The summed E-state index contributed by atoms with van der Waals surface area (Å²) < 4.78 is 5.33. The minimum atomic E-state index is 0.784. The summed E-state index contributed by atoms with van der Waals surface area (Å²) in [4.78, 5) is 0. The van der Waals surface area contributed by atoms with Gasteiger partial charge in [-0.3, -0.25) is 0 Å². The van der Waals surface area contributed by atoms with E-state index in [1.165, 1.54) is 6.69 Å². The third-order valence-electron chi connectivity index (χ3n) is 4.01. The average molecular weight is 419 g/mol. The first-order valence-electron chi connectivity index (χ1n) is 12.6. The van der Waals surface area contributed by atoms with E-state index in [4.69, 9.17) is 12.0 Å². The Morgan fingerprint density at radius 1 is 0.378 bits per heavy atom. The Hall–Kier alpha value is 1.88. The van der Waals surface area contributed by atoms with Crippen molar-refractivity contribution in [2.75, 3.05) is 6.61 Å². The number of hydrogen-bond donors (Lipinski definition) is 0. The van der Waals surface area contributed by atoms with Crippen molar-refractivity contribution < 1.29 is 4.65 Å². The molecule has 0 aromatic carbocycles. The van der Waals surface area contributed by atoms with E-state index in [0.717, 1.165) is 19.4 Å². The molecule has 0 aromatic rings. The summed E-state index contributed by atoms with van der Waals surface area (Å²) in [6.07, 6.45) is 2.24. The molecule has 0 saturated carbocycles. The van der Waals surface area contributed by atoms with Crippen LogP contribution in [0.2, 0.25) is 0 Å². The fourth-order valence-electron chi connectivity index (χ4n) is 2.19. The van der Waals surface area contributed by atoms with Crippen LogP contribution in [-0.4, -0.2) is 222 Å². The molecule has 0 aliphatic carbocycles. The molecule has 0 aromatic heterocycles. The molecular formula is C4H9B32O. The van der Waals surface area contributed by atoms with E-state index in [1.54, 1.807) is 13.7 Å². The number of rotatable bonds is 19. The fourth-order valence-corrected chi connectivity index (χ4v) is 2.19. The Morgan fingerprint density at radius 2 is 0.622 bits per heavy atom. The molecule has 0 rings (SSSR count). The molecule has 0 spiro atoms. The van der Waals surface area contributed by atoms with Gasteiger partial charge >= 0.3 is 246 Å². The molecule has 0 unspecified atom stereocenters. The molecule has 37 heavy (non-hydrogen) atoms. The molecule has 0 N–H and O–H groups in total. The Bertz CT molecular complexity index is 1010. The van der Waals surface area contributed by atoms with Crippen molar-refractivity contribution in [3.63, 3.8) is 0 Å². The van der Waals surface area contributed by atoms with Gasteiger partial charge in [0.1, 0.15) is 0 Å². The first-order valence-corrected chi connectivity index (χ1v) is 12.6. The molecular weight excluding hydrogens is 410 g/mol. The van der Waals surface area contributed by atoms with Crippen molar-refractivity contribution in [3.8, 4) is 0 Å². The summed E-state index contributed by atoms with van der Waals surface area (Å²) in [5.41, 5.74) is 0. The molecule has 0 bridgehead atoms. The van der Waals surface area contributed by atoms with E-state index in [-0.39, 0.29) is 0 Å². The Morgan fingerprint density at radius 3 is 0.865 bits per heavy atom. The third-order valence-corrected chi connectivity index (χ3v) is 4.01. The van der Waals surface area contributed by atoms with Gasteiger partial charge in [0.2, 0.25) is 0 Å². The molecule has 1 nitrogen and oxygen atoms in total. The van der Waals surface area contributed by atoms with Crippen LogP contribution in [0.15, 0.2) is 0 Å². The van der Waals surface area contributed by atoms with Gasteiger partial charge in [-0.1, -0.05) is 0 Å². The molecule has 0 amide bonds. The summed E-state index contributed by atoms with van der Waals surface area (Å²) in [5.74, 6) is 0. The zero-order valence-corrected chi connectivity index (χ0v) is 22.0. The summed E-state index contributed by atoms with van der Waals surface area (Å²) in [7, 11) is 6.97. The van der Waals surface area contributed by atoms with Gasteiger partial charge in [0, 0.05) is 0 Å². The zero-order chi connectivity index (χ0) is 26.7. The monoisotopic (exact) mass is 425 g/mol. The Labute approximate surface area is 244 Å².